The average Bonchev–Trinajstić information content (AvgIpc) is 3.89. The summed E-state index contributed by atoms with van der Waals surface area (Å²) in [5.41, 5.74) is 19.3. The van der Waals surface area contributed by atoms with E-state index in [2.05, 4.69) is 241 Å². The molecule has 1 aliphatic rings. The first-order valence-corrected chi connectivity index (χ1v) is 21.7. The van der Waals surface area contributed by atoms with E-state index in [4.69, 9.17) is 4.42 Å². The highest BCUT2D eigenvalue weighted by molar-refractivity contribution is 6.06. The Kier molecular flexibility index (Phi) is 8.76. The number of fused-ring (bicyclic) bond motifs is 6. The van der Waals surface area contributed by atoms with Crippen LogP contribution in [0.1, 0.15) is 22.3 Å². The first-order chi connectivity index (χ1) is 31.2. The van der Waals surface area contributed by atoms with Crippen molar-refractivity contribution in [3.8, 4) is 44.5 Å². The summed E-state index contributed by atoms with van der Waals surface area (Å²) < 4.78 is 6.20. The first kappa shape index (κ1) is 36.6. The van der Waals surface area contributed by atoms with Crippen molar-refractivity contribution in [2.45, 2.75) is 5.41 Å². The number of anilines is 3. The number of rotatable bonds is 8. The van der Waals surface area contributed by atoms with Crippen LogP contribution in [0.5, 0.6) is 0 Å². The molecule has 0 atom stereocenters. The van der Waals surface area contributed by atoms with Crippen molar-refractivity contribution in [2.24, 2.45) is 0 Å². The molecule has 2 heteroatoms. The fourth-order valence-electron chi connectivity index (χ4n) is 10.0. The standard InChI is InChI=1S/C61H41NO/c1-3-14-42(15-4-1)43-26-28-44(29-27-43)45-30-35-50(36-31-45)62(52-19-13-16-46(40-52)47-32-39-60-56(41-47)55-22-9-12-25-59(55)63-60)51-37-33-49(34-38-51)61(48-17-5-2-6-18-48)57-23-10-7-20-53(57)54-21-8-11-24-58(54)61/h1-41H. The van der Waals surface area contributed by atoms with E-state index < -0.39 is 5.41 Å². The molecular weight excluding hydrogens is 763 g/mol. The molecule has 0 spiro atoms. The predicted octanol–water partition coefficient (Wildman–Crippen LogP) is 16.4. The van der Waals surface area contributed by atoms with Crippen LogP contribution in [0, 0.1) is 0 Å². The maximum Gasteiger partial charge on any atom is 0.135 e. The second-order valence-electron chi connectivity index (χ2n) is 16.4. The van der Waals surface area contributed by atoms with Crippen LogP contribution in [0.25, 0.3) is 66.4 Å². The molecule has 10 aromatic carbocycles. The molecule has 296 valence electrons. The van der Waals surface area contributed by atoms with Gasteiger partial charge in [-0.15, -0.1) is 0 Å². The zero-order valence-corrected chi connectivity index (χ0v) is 34.5. The molecule has 0 aliphatic heterocycles. The van der Waals surface area contributed by atoms with Gasteiger partial charge in [0.05, 0.1) is 5.41 Å². The summed E-state index contributed by atoms with van der Waals surface area (Å²) in [7, 11) is 0. The van der Waals surface area contributed by atoms with Gasteiger partial charge in [-0.1, -0.05) is 194 Å². The van der Waals surface area contributed by atoms with Crippen molar-refractivity contribution in [1.29, 1.82) is 0 Å². The van der Waals surface area contributed by atoms with E-state index in [0.717, 1.165) is 50.1 Å². The van der Waals surface area contributed by atoms with Crippen molar-refractivity contribution in [2.75, 3.05) is 4.90 Å². The SMILES string of the molecule is c1ccc(-c2ccc(-c3ccc(N(c4ccc(C5(c6ccccc6)c6ccccc6-c6ccccc65)cc4)c4cccc(-c5ccc6oc7ccccc7c6c5)c4)cc3)cc2)cc1. The smallest absolute Gasteiger partial charge is 0.135 e. The second kappa shape index (κ2) is 15.1. The summed E-state index contributed by atoms with van der Waals surface area (Å²) in [6.45, 7) is 0. The Hall–Kier alpha value is -8.20. The number of para-hydroxylation sites is 1. The Labute approximate surface area is 367 Å². The van der Waals surface area contributed by atoms with Crippen molar-refractivity contribution < 1.29 is 4.42 Å². The van der Waals surface area contributed by atoms with E-state index in [1.165, 1.54) is 55.6 Å². The molecule has 1 heterocycles. The number of furan rings is 1. The fourth-order valence-corrected chi connectivity index (χ4v) is 10.0. The highest BCUT2D eigenvalue weighted by atomic mass is 16.3. The molecule has 0 bridgehead atoms. The van der Waals surface area contributed by atoms with Gasteiger partial charge < -0.3 is 9.32 Å². The summed E-state index contributed by atoms with van der Waals surface area (Å²) in [5, 5.41) is 2.25. The topological polar surface area (TPSA) is 16.4 Å². The van der Waals surface area contributed by atoms with Crippen molar-refractivity contribution >= 4 is 39.0 Å². The van der Waals surface area contributed by atoms with E-state index in [9.17, 15) is 0 Å². The van der Waals surface area contributed by atoms with Crippen LogP contribution in [0.4, 0.5) is 17.1 Å². The third kappa shape index (κ3) is 6.10. The lowest BCUT2D eigenvalue weighted by atomic mass is 9.68. The van der Waals surface area contributed by atoms with Crippen molar-refractivity contribution in [1.82, 2.24) is 0 Å². The van der Waals surface area contributed by atoms with E-state index >= 15 is 0 Å². The van der Waals surface area contributed by atoms with E-state index in [1.54, 1.807) is 0 Å². The van der Waals surface area contributed by atoms with Crippen molar-refractivity contribution in [3.63, 3.8) is 0 Å². The summed E-state index contributed by atoms with van der Waals surface area (Å²) >= 11 is 0. The van der Waals surface area contributed by atoms with Gasteiger partial charge in [-0.2, -0.15) is 0 Å². The van der Waals surface area contributed by atoms with Crippen LogP contribution in [-0.4, -0.2) is 0 Å². The molecule has 0 N–H and O–H groups in total. The molecule has 1 aliphatic carbocycles. The molecule has 11 aromatic rings. The monoisotopic (exact) mass is 803 g/mol. The van der Waals surface area contributed by atoms with Crippen LogP contribution in [0.2, 0.25) is 0 Å². The molecule has 63 heavy (non-hydrogen) atoms. The largest absolute Gasteiger partial charge is 0.456 e. The molecule has 12 rings (SSSR count). The number of hydrogen-bond donors (Lipinski definition) is 0. The Balaban J connectivity index is 0.980. The minimum absolute atomic E-state index is 0.467. The summed E-state index contributed by atoms with van der Waals surface area (Å²) in [4.78, 5) is 2.38. The third-order valence-corrected chi connectivity index (χ3v) is 13.0. The zero-order valence-electron chi connectivity index (χ0n) is 34.5. The molecule has 0 saturated carbocycles. The Morgan fingerprint density at radius 1 is 0.286 bits per heavy atom. The summed E-state index contributed by atoms with van der Waals surface area (Å²) in [5.74, 6) is 0. The first-order valence-electron chi connectivity index (χ1n) is 21.7. The molecule has 0 amide bonds. The van der Waals surface area contributed by atoms with Gasteiger partial charge in [0.2, 0.25) is 0 Å². The predicted molar refractivity (Wildman–Crippen MR) is 262 cm³/mol. The molecule has 0 radical (unpaired) electrons. The normalized spacial score (nSPS) is 12.6. The Morgan fingerprint density at radius 3 is 1.41 bits per heavy atom. The second-order valence-corrected chi connectivity index (χ2v) is 16.4. The average molecular weight is 804 g/mol. The quantitative estimate of drug-likeness (QED) is 0.152. The van der Waals surface area contributed by atoms with Gasteiger partial charge >= 0.3 is 0 Å². The van der Waals surface area contributed by atoms with Gasteiger partial charge in [-0.05, 0) is 121 Å². The van der Waals surface area contributed by atoms with E-state index in [-0.39, 0.29) is 0 Å². The third-order valence-electron chi connectivity index (χ3n) is 13.0. The van der Waals surface area contributed by atoms with Crippen LogP contribution in [-0.2, 0) is 5.41 Å². The van der Waals surface area contributed by atoms with Gasteiger partial charge in [0.1, 0.15) is 11.2 Å². The van der Waals surface area contributed by atoms with Gasteiger partial charge in [-0.3, -0.25) is 0 Å². The molecule has 0 saturated heterocycles. The summed E-state index contributed by atoms with van der Waals surface area (Å²) in [6, 6.07) is 90.3. The Bertz CT molecular complexity index is 3370. The highest BCUT2D eigenvalue weighted by Gasteiger charge is 2.45. The molecule has 2 nitrogen and oxygen atoms in total. The number of benzene rings is 10. The van der Waals surface area contributed by atoms with E-state index in [1.807, 2.05) is 12.1 Å². The molecular formula is C61H41NO. The van der Waals surface area contributed by atoms with Gasteiger partial charge in [0.15, 0.2) is 0 Å². The number of nitrogens with zero attached hydrogens (tertiary/aromatic N) is 1. The zero-order chi connectivity index (χ0) is 41.7. The highest BCUT2D eigenvalue weighted by Crippen LogP contribution is 2.56. The minimum atomic E-state index is -0.467. The molecule has 0 unspecified atom stereocenters. The lowest BCUT2D eigenvalue weighted by Gasteiger charge is -2.34. The van der Waals surface area contributed by atoms with Crippen LogP contribution < -0.4 is 4.90 Å². The van der Waals surface area contributed by atoms with Crippen molar-refractivity contribution in [3.05, 3.63) is 271 Å². The lowest BCUT2D eigenvalue weighted by molar-refractivity contribution is 0.669. The van der Waals surface area contributed by atoms with Gasteiger partial charge in [0.25, 0.3) is 0 Å². The van der Waals surface area contributed by atoms with Crippen LogP contribution in [0.3, 0.4) is 0 Å². The van der Waals surface area contributed by atoms with Gasteiger partial charge in [0, 0.05) is 27.8 Å². The van der Waals surface area contributed by atoms with E-state index in [0.29, 0.717) is 0 Å². The number of hydrogen-bond acceptors (Lipinski definition) is 2. The lowest BCUT2D eigenvalue weighted by Crippen LogP contribution is -2.28. The maximum absolute atomic E-state index is 6.20. The minimum Gasteiger partial charge on any atom is -0.456 e. The summed E-state index contributed by atoms with van der Waals surface area (Å²) in [6.07, 6.45) is 0. The fraction of sp³-hybridized carbons (Fsp3) is 0.0164. The van der Waals surface area contributed by atoms with Crippen LogP contribution >= 0.6 is 0 Å². The van der Waals surface area contributed by atoms with Gasteiger partial charge in [-0.25, -0.2) is 0 Å². The Morgan fingerprint density at radius 2 is 0.746 bits per heavy atom. The maximum atomic E-state index is 6.20. The molecule has 0 fully saturated rings. The van der Waals surface area contributed by atoms with Crippen LogP contribution in [0.15, 0.2) is 253 Å². The molecule has 1 aromatic heterocycles.